The van der Waals surface area contributed by atoms with Crippen LogP contribution in [0.2, 0.25) is 0 Å². The molecule has 6 nitrogen and oxygen atoms in total. The molecule has 0 spiro atoms. The van der Waals surface area contributed by atoms with Gasteiger partial charge in [0.25, 0.3) is 0 Å². The molecule has 0 radical (unpaired) electrons. The topological polar surface area (TPSA) is 59.4 Å². The molecular formula is C17H16F3N4O2Tl. The second-order valence-electron chi connectivity index (χ2n) is 5.95. The van der Waals surface area contributed by atoms with Crippen molar-refractivity contribution in [2.45, 2.75) is 12.6 Å². The molecule has 0 bridgehead atoms. The van der Waals surface area contributed by atoms with E-state index in [0.29, 0.717) is 55.3 Å². The van der Waals surface area contributed by atoms with Crippen LogP contribution in [0.15, 0.2) is 30.7 Å². The Labute approximate surface area is 170 Å². The average molecular weight is 570 g/mol. The van der Waals surface area contributed by atoms with E-state index >= 15 is 0 Å². The van der Waals surface area contributed by atoms with E-state index in [1.54, 1.807) is 18.5 Å². The van der Waals surface area contributed by atoms with Crippen LogP contribution in [0.5, 0.6) is 5.75 Å². The second kappa shape index (κ2) is 7.91. The Morgan fingerprint density at radius 2 is 2.26 bits per heavy atom. The summed E-state index contributed by atoms with van der Waals surface area (Å²) < 4.78 is 46.4. The standard InChI is InChI=1S/C17H17F3N4O2.Tl/c1-21-16(25)24(9-17(18,19)20)13-2-3-15-14(7-13)11(4-5-26-15)6-12-8-22-10-23-12;/h2-3,6-8,10H,4-5,9H2,1H3,(H2,21,22,23,25);/q;+1/p-1/b11-6+;. The van der Waals surface area contributed by atoms with E-state index in [4.69, 9.17) is 4.74 Å². The number of halogens is 3. The van der Waals surface area contributed by atoms with Gasteiger partial charge < -0.3 is 0 Å². The molecule has 1 N–H and O–H groups in total. The first kappa shape index (κ1) is 19.7. The van der Waals surface area contributed by atoms with Gasteiger partial charge in [-0.3, -0.25) is 0 Å². The number of benzene rings is 1. The molecule has 140 valence electrons. The van der Waals surface area contributed by atoms with Gasteiger partial charge in [0.05, 0.1) is 0 Å². The zero-order valence-electron chi connectivity index (χ0n) is 14.5. The number of ether oxygens (including phenoxy) is 1. The summed E-state index contributed by atoms with van der Waals surface area (Å²) in [4.78, 5) is 17.0. The molecule has 0 aliphatic carbocycles. The Morgan fingerprint density at radius 1 is 1.48 bits per heavy atom. The first-order chi connectivity index (χ1) is 12.8. The van der Waals surface area contributed by atoms with Crippen molar-refractivity contribution < 1.29 is 22.7 Å². The van der Waals surface area contributed by atoms with Gasteiger partial charge in [0.15, 0.2) is 0 Å². The van der Waals surface area contributed by atoms with Crippen molar-refractivity contribution in [3.8, 4) is 5.75 Å². The van der Waals surface area contributed by atoms with Gasteiger partial charge in [-0.2, -0.15) is 0 Å². The fourth-order valence-electron chi connectivity index (χ4n) is 2.82. The van der Waals surface area contributed by atoms with Gasteiger partial charge >= 0.3 is 170 Å². The number of aromatic nitrogens is 2. The SMILES string of the molecule is CNC(=O)N(CC(F)(F)F)c1ccc2c(c1)/C(=C/c1c[n]([Tl])cn1)CCO2. The molecule has 0 unspecified atom stereocenters. The summed E-state index contributed by atoms with van der Waals surface area (Å²) in [6.07, 6.45) is 1.64. The van der Waals surface area contributed by atoms with Crippen molar-refractivity contribution in [2.75, 3.05) is 25.1 Å². The van der Waals surface area contributed by atoms with Gasteiger partial charge in [-0.05, 0) is 0 Å². The minimum atomic E-state index is -4.52. The Hall–Kier alpha value is -2.05. The molecule has 0 saturated heterocycles. The molecule has 10 heteroatoms. The van der Waals surface area contributed by atoms with Crippen molar-refractivity contribution in [3.63, 3.8) is 0 Å². The fourth-order valence-corrected chi connectivity index (χ4v) is 3.67. The number of nitrogens with one attached hydrogen (secondary N) is 1. The van der Waals surface area contributed by atoms with Crippen LogP contribution in [0.1, 0.15) is 17.7 Å². The van der Waals surface area contributed by atoms with Crippen molar-refractivity contribution in [3.05, 3.63) is 42.0 Å². The molecule has 2 amide bonds. The Morgan fingerprint density at radius 3 is 2.89 bits per heavy atom. The molecular weight excluding hydrogens is 554 g/mol. The van der Waals surface area contributed by atoms with Crippen LogP contribution in [0.4, 0.5) is 23.7 Å². The van der Waals surface area contributed by atoms with Gasteiger partial charge in [-0.1, -0.05) is 0 Å². The first-order valence-electron chi connectivity index (χ1n) is 8.09. The molecule has 2 heterocycles. The van der Waals surface area contributed by atoms with Crippen LogP contribution in [0.25, 0.3) is 11.6 Å². The van der Waals surface area contributed by atoms with Crippen LogP contribution in [-0.2, 0) is 0 Å². The number of hydrogen-bond acceptors (Lipinski definition) is 3. The Kier molecular flexibility index (Phi) is 5.77. The third-order valence-electron chi connectivity index (χ3n) is 3.99. The van der Waals surface area contributed by atoms with Crippen molar-refractivity contribution in [2.24, 2.45) is 0 Å². The summed E-state index contributed by atoms with van der Waals surface area (Å²) in [6.45, 7) is -0.902. The summed E-state index contributed by atoms with van der Waals surface area (Å²) >= 11 is 0.603. The number of anilines is 1. The van der Waals surface area contributed by atoms with Crippen molar-refractivity contribution >= 4 is 49.4 Å². The van der Waals surface area contributed by atoms with Crippen LogP contribution in [0.3, 0.4) is 0 Å². The number of nitrogens with zero attached hydrogens (tertiary/aromatic N) is 3. The van der Waals surface area contributed by atoms with Gasteiger partial charge in [-0.25, -0.2) is 0 Å². The normalized spacial score (nSPS) is 15.1. The zero-order chi connectivity index (χ0) is 19.6. The van der Waals surface area contributed by atoms with Gasteiger partial charge in [0.2, 0.25) is 0 Å². The molecule has 1 aromatic heterocycles. The van der Waals surface area contributed by atoms with Crippen LogP contribution >= 0.6 is 0 Å². The molecule has 2 aromatic rings. The van der Waals surface area contributed by atoms with E-state index < -0.39 is 18.8 Å². The van der Waals surface area contributed by atoms with Crippen molar-refractivity contribution in [1.29, 1.82) is 0 Å². The maximum atomic E-state index is 12.9. The van der Waals surface area contributed by atoms with Gasteiger partial charge in [-0.15, -0.1) is 0 Å². The monoisotopic (exact) mass is 570 g/mol. The Balaban J connectivity index is 2.01. The van der Waals surface area contributed by atoms with Crippen LogP contribution in [0, 0.1) is 0 Å². The third kappa shape index (κ3) is 4.82. The minimum absolute atomic E-state index is 0.150. The molecule has 0 fully saturated rings. The van der Waals surface area contributed by atoms with E-state index in [-0.39, 0.29) is 5.69 Å². The van der Waals surface area contributed by atoms with Gasteiger partial charge in [0, 0.05) is 0 Å². The number of urea groups is 1. The Bertz CT molecular complexity index is 879. The van der Waals surface area contributed by atoms with Crippen LogP contribution < -0.4 is 15.0 Å². The third-order valence-corrected chi connectivity index (χ3v) is 5.09. The quantitative estimate of drug-likeness (QED) is 0.579. The summed E-state index contributed by atoms with van der Waals surface area (Å²) in [6, 6.07) is 3.78. The number of fused-ring (bicyclic) bond motifs is 1. The molecule has 0 atom stereocenters. The number of hydrogen-bond donors (Lipinski definition) is 1. The zero-order valence-corrected chi connectivity index (χ0v) is 18.9. The van der Waals surface area contributed by atoms with E-state index in [1.807, 2.05) is 14.6 Å². The molecule has 0 saturated carbocycles. The van der Waals surface area contributed by atoms with Gasteiger partial charge in [0.1, 0.15) is 0 Å². The summed E-state index contributed by atoms with van der Waals surface area (Å²) in [5.74, 6) is 0.576. The summed E-state index contributed by atoms with van der Waals surface area (Å²) in [7, 11) is 1.30. The van der Waals surface area contributed by atoms with E-state index in [1.165, 1.54) is 13.1 Å². The maximum absolute atomic E-state index is 12.9. The summed E-state index contributed by atoms with van der Waals surface area (Å²) in [5.41, 5.74) is 2.51. The molecule has 3 rings (SSSR count). The number of imidazole rings is 1. The number of carbonyl (C=O) groups is 1. The van der Waals surface area contributed by atoms with Crippen molar-refractivity contribution in [1.82, 2.24) is 12.7 Å². The summed E-state index contributed by atoms with van der Waals surface area (Å²) in [5, 5.41) is 2.25. The number of rotatable bonds is 3. The average Bonchev–Trinajstić information content (AvgIpc) is 3.03. The molecule has 1 aliphatic rings. The fraction of sp³-hybridized carbons (Fsp3) is 0.294. The number of carbonyl (C=O) groups excluding carboxylic acids is 1. The first-order valence-corrected chi connectivity index (χ1v) is 10.1. The number of amides is 2. The van der Waals surface area contributed by atoms with E-state index in [2.05, 4.69) is 10.3 Å². The van der Waals surface area contributed by atoms with E-state index in [9.17, 15) is 18.0 Å². The predicted octanol–water partition coefficient (Wildman–Crippen LogP) is 2.85. The van der Waals surface area contributed by atoms with E-state index in [0.717, 1.165) is 11.3 Å². The van der Waals surface area contributed by atoms with Crippen LogP contribution in [-0.4, -0.2) is 65.8 Å². The molecule has 1 aromatic carbocycles. The molecule has 1 aliphatic heterocycles. The second-order valence-corrected chi connectivity index (χ2v) is 8.27. The number of alkyl halides is 3. The predicted molar refractivity (Wildman–Crippen MR) is 95.7 cm³/mol. The molecule has 27 heavy (non-hydrogen) atoms.